The number of carbonyl (C=O) groups is 1. The number of aryl methyl sites for hydroxylation is 1. The highest BCUT2D eigenvalue weighted by Gasteiger charge is 2.23. The van der Waals surface area contributed by atoms with E-state index in [4.69, 9.17) is 11.6 Å². The largest absolute Gasteiger partial charge is 0.352 e. The number of hydrogen-bond donors (Lipinski definition) is 0. The number of halogens is 1. The van der Waals surface area contributed by atoms with Gasteiger partial charge < -0.3 is 9.80 Å². The summed E-state index contributed by atoms with van der Waals surface area (Å²) in [4.78, 5) is 16.8. The molecule has 3 aromatic rings. The Hall–Kier alpha value is -2.92. The van der Waals surface area contributed by atoms with Crippen LogP contribution in [0.1, 0.15) is 15.9 Å². The maximum atomic E-state index is 12.7. The van der Waals surface area contributed by atoms with Gasteiger partial charge in [-0.1, -0.05) is 47.5 Å². The van der Waals surface area contributed by atoms with Crippen molar-refractivity contribution in [3.8, 4) is 11.3 Å². The van der Waals surface area contributed by atoms with Crippen LogP contribution in [0.25, 0.3) is 11.3 Å². The zero-order chi connectivity index (χ0) is 19.5. The van der Waals surface area contributed by atoms with Gasteiger partial charge in [-0.2, -0.15) is 0 Å². The summed E-state index contributed by atoms with van der Waals surface area (Å²) in [5.74, 6) is 0.905. The van der Waals surface area contributed by atoms with E-state index in [0.29, 0.717) is 18.1 Å². The van der Waals surface area contributed by atoms with E-state index in [-0.39, 0.29) is 5.91 Å². The third kappa shape index (κ3) is 3.85. The first-order valence-electron chi connectivity index (χ1n) is 9.31. The third-order valence-corrected chi connectivity index (χ3v) is 5.29. The Morgan fingerprint density at radius 1 is 0.929 bits per heavy atom. The van der Waals surface area contributed by atoms with Gasteiger partial charge in [0, 0.05) is 37.3 Å². The number of anilines is 1. The molecule has 2 heterocycles. The van der Waals surface area contributed by atoms with E-state index in [1.54, 1.807) is 0 Å². The molecule has 0 bridgehead atoms. The second kappa shape index (κ2) is 7.98. The number of amides is 1. The van der Waals surface area contributed by atoms with Gasteiger partial charge in [-0.25, -0.2) is 0 Å². The Balaban J connectivity index is 1.41. The van der Waals surface area contributed by atoms with Crippen LogP contribution in [0.4, 0.5) is 5.82 Å². The first kappa shape index (κ1) is 18.4. The molecule has 0 unspecified atom stereocenters. The van der Waals surface area contributed by atoms with Crippen molar-refractivity contribution in [1.29, 1.82) is 0 Å². The number of aromatic nitrogens is 2. The van der Waals surface area contributed by atoms with Crippen LogP contribution in [-0.2, 0) is 0 Å². The van der Waals surface area contributed by atoms with Crippen LogP contribution in [0, 0.1) is 6.92 Å². The Labute approximate surface area is 169 Å². The molecule has 0 saturated carbocycles. The molecule has 142 valence electrons. The first-order chi connectivity index (χ1) is 13.6. The van der Waals surface area contributed by atoms with E-state index in [1.807, 2.05) is 72.5 Å². The summed E-state index contributed by atoms with van der Waals surface area (Å²) in [5.41, 5.74) is 3.47. The summed E-state index contributed by atoms with van der Waals surface area (Å²) in [6.45, 7) is 4.80. The summed E-state index contributed by atoms with van der Waals surface area (Å²) in [6, 6.07) is 19.2. The molecule has 1 aliphatic heterocycles. The van der Waals surface area contributed by atoms with Gasteiger partial charge in [0.05, 0.1) is 10.7 Å². The highest BCUT2D eigenvalue weighted by Crippen LogP contribution is 2.26. The van der Waals surface area contributed by atoms with Gasteiger partial charge in [0.25, 0.3) is 5.91 Å². The maximum absolute atomic E-state index is 12.7. The molecule has 0 spiro atoms. The smallest absolute Gasteiger partial charge is 0.253 e. The van der Waals surface area contributed by atoms with E-state index >= 15 is 0 Å². The third-order valence-electron chi connectivity index (χ3n) is 4.96. The van der Waals surface area contributed by atoms with Crippen LogP contribution in [-0.4, -0.2) is 47.2 Å². The zero-order valence-electron chi connectivity index (χ0n) is 15.7. The van der Waals surface area contributed by atoms with E-state index in [9.17, 15) is 4.79 Å². The van der Waals surface area contributed by atoms with Crippen molar-refractivity contribution in [1.82, 2.24) is 15.1 Å². The fourth-order valence-corrected chi connectivity index (χ4v) is 3.64. The van der Waals surface area contributed by atoms with Crippen LogP contribution in [0.2, 0.25) is 5.02 Å². The topological polar surface area (TPSA) is 49.3 Å². The van der Waals surface area contributed by atoms with Crippen molar-refractivity contribution in [2.24, 2.45) is 0 Å². The molecular weight excluding hydrogens is 372 g/mol. The average molecular weight is 393 g/mol. The van der Waals surface area contributed by atoms with Gasteiger partial charge in [0.2, 0.25) is 0 Å². The lowest BCUT2D eigenvalue weighted by atomic mass is 10.1. The van der Waals surface area contributed by atoms with E-state index in [1.165, 1.54) is 0 Å². The predicted octanol–water partition coefficient (Wildman–Crippen LogP) is 4.07. The molecule has 0 radical (unpaired) electrons. The number of nitrogens with zero attached hydrogens (tertiary/aromatic N) is 4. The highest BCUT2D eigenvalue weighted by molar-refractivity contribution is 6.33. The normalized spacial score (nSPS) is 14.2. The fourth-order valence-electron chi connectivity index (χ4n) is 3.41. The second-order valence-electron chi connectivity index (χ2n) is 6.91. The van der Waals surface area contributed by atoms with E-state index in [2.05, 4.69) is 15.1 Å². The van der Waals surface area contributed by atoms with Gasteiger partial charge >= 0.3 is 0 Å². The fraction of sp³-hybridized carbons (Fsp3) is 0.227. The van der Waals surface area contributed by atoms with Crippen molar-refractivity contribution in [2.75, 3.05) is 31.1 Å². The van der Waals surface area contributed by atoms with Crippen molar-refractivity contribution in [3.05, 3.63) is 76.8 Å². The molecule has 2 aromatic carbocycles. The highest BCUT2D eigenvalue weighted by atomic mass is 35.5. The van der Waals surface area contributed by atoms with Crippen molar-refractivity contribution in [3.63, 3.8) is 0 Å². The lowest BCUT2D eigenvalue weighted by Gasteiger charge is -2.35. The lowest BCUT2D eigenvalue weighted by molar-refractivity contribution is 0.0746. The molecule has 0 atom stereocenters. The minimum absolute atomic E-state index is 0.0866. The molecule has 1 aliphatic rings. The monoisotopic (exact) mass is 392 g/mol. The van der Waals surface area contributed by atoms with Crippen molar-refractivity contribution < 1.29 is 4.79 Å². The number of piperazine rings is 1. The average Bonchev–Trinajstić information content (AvgIpc) is 2.74. The summed E-state index contributed by atoms with van der Waals surface area (Å²) in [6.07, 6.45) is 0. The van der Waals surface area contributed by atoms with Gasteiger partial charge in [-0.3, -0.25) is 4.79 Å². The Morgan fingerprint density at radius 2 is 1.71 bits per heavy atom. The number of hydrogen-bond acceptors (Lipinski definition) is 4. The van der Waals surface area contributed by atoms with Gasteiger partial charge in [0.1, 0.15) is 0 Å². The van der Waals surface area contributed by atoms with E-state index < -0.39 is 0 Å². The summed E-state index contributed by atoms with van der Waals surface area (Å²) in [7, 11) is 0. The van der Waals surface area contributed by atoms with Crippen LogP contribution in [0.15, 0.2) is 60.7 Å². The number of rotatable bonds is 3. The molecule has 28 heavy (non-hydrogen) atoms. The van der Waals surface area contributed by atoms with Gasteiger partial charge in [-0.05, 0) is 37.3 Å². The van der Waals surface area contributed by atoms with Crippen LogP contribution < -0.4 is 4.90 Å². The van der Waals surface area contributed by atoms with Crippen LogP contribution in [0.3, 0.4) is 0 Å². The molecular formula is C22H21ClN4O. The summed E-state index contributed by atoms with van der Waals surface area (Å²) in [5, 5.41) is 9.37. The molecule has 0 aliphatic carbocycles. The van der Waals surface area contributed by atoms with Crippen molar-refractivity contribution in [2.45, 2.75) is 6.92 Å². The minimum Gasteiger partial charge on any atom is -0.352 e. The lowest BCUT2D eigenvalue weighted by Crippen LogP contribution is -2.49. The summed E-state index contributed by atoms with van der Waals surface area (Å²) < 4.78 is 0. The second-order valence-corrected chi connectivity index (χ2v) is 7.31. The molecule has 6 heteroatoms. The van der Waals surface area contributed by atoms with Crippen molar-refractivity contribution >= 4 is 23.3 Å². The quantitative estimate of drug-likeness (QED) is 0.674. The molecule has 1 saturated heterocycles. The summed E-state index contributed by atoms with van der Waals surface area (Å²) >= 11 is 6.24. The first-order valence-corrected chi connectivity index (χ1v) is 9.69. The Bertz CT molecular complexity index is 982. The Morgan fingerprint density at radius 3 is 2.39 bits per heavy atom. The molecule has 1 aromatic heterocycles. The van der Waals surface area contributed by atoms with E-state index in [0.717, 1.165) is 41.3 Å². The van der Waals surface area contributed by atoms with Gasteiger partial charge in [-0.15, -0.1) is 10.2 Å². The predicted molar refractivity (Wildman–Crippen MR) is 112 cm³/mol. The molecule has 5 nitrogen and oxygen atoms in total. The number of carbonyl (C=O) groups excluding carboxylic acids is 1. The maximum Gasteiger partial charge on any atom is 0.253 e. The molecule has 1 amide bonds. The molecule has 0 N–H and O–H groups in total. The van der Waals surface area contributed by atoms with Crippen LogP contribution in [0.5, 0.6) is 0 Å². The Kier molecular flexibility index (Phi) is 5.26. The molecule has 4 rings (SSSR count). The minimum atomic E-state index is 0.0866. The number of benzene rings is 2. The van der Waals surface area contributed by atoms with Crippen LogP contribution >= 0.6 is 11.6 Å². The zero-order valence-corrected chi connectivity index (χ0v) is 16.4. The molecule has 1 fully saturated rings. The standard InChI is InChI=1S/C22H21ClN4O/c1-16-5-4-6-17(15-16)22(28)27-13-11-26(12-14-27)21-10-9-20(24-25-21)18-7-2-3-8-19(18)23/h2-10,15H,11-14H2,1H3. The SMILES string of the molecule is Cc1cccc(C(=O)N2CCN(c3ccc(-c4ccccc4Cl)nn3)CC2)c1. The van der Waals surface area contributed by atoms with Gasteiger partial charge in [0.15, 0.2) is 5.82 Å².